The number of nitrogens with two attached hydrogens (primary N) is 1. The van der Waals surface area contributed by atoms with Gasteiger partial charge in [0, 0.05) is 13.6 Å². The third kappa shape index (κ3) is 2.26. The molecule has 0 aliphatic carbocycles. The molecule has 0 bridgehead atoms. The number of para-hydroxylation sites is 2. The van der Waals surface area contributed by atoms with E-state index < -0.39 is 0 Å². The predicted molar refractivity (Wildman–Crippen MR) is 70.3 cm³/mol. The van der Waals surface area contributed by atoms with Crippen LogP contribution in [-0.2, 0) is 4.79 Å². The highest BCUT2D eigenvalue weighted by Crippen LogP contribution is 2.32. The molecule has 2 N–H and O–H groups in total. The van der Waals surface area contributed by atoms with Crippen molar-refractivity contribution in [3.8, 4) is 0 Å². The van der Waals surface area contributed by atoms with Crippen molar-refractivity contribution in [2.24, 2.45) is 11.7 Å². The van der Waals surface area contributed by atoms with Crippen molar-refractivity contribution in [2.75, 3.05) is 36.5 Å². The van der Waals surface area contributed by atoms with E-state index >= 15 is 0 Å². The van der Waals surface area contributed by atoms with E-state index in [1.54, 1.807) is 0 Å². The highest BCUT2D eigenvalue weighted by Gasteiger charge is 2.27. The number of nitrogens with zero attached hydrogens (tertiary/aromatic N) is 2. The van der Waals surface area contributed by atoms with E-state index in [1.807, 2.05) is 41.1 Å². The van der Waals surface area contributed by atoms with Crippen LogP contribution in [0.25, 0.3) is 0 Å². The molecule has 1 heterocycles. The second kappa shape index (κ2) is 4.75. The Morgan fingerprint density at radius 2 is 2.00 bits per heavy atom. The maximum atomic E-state index is 12.1. The van der Waals surface area contributed by atoms with Gasteiger partial charge in [-0.05, 0) is 24.6 Å². The molecular weight excluding hydrogens is 214 g/mol. The van der Waals surface area contributed by atoms with E-state index in [4.69, 9.17) is 5.73 Å². The summed E-state index contributed by atoms with van der Waals surface area (Å²) in [7, 11) is 1.94. The van der Waals surface area contributed by atoms with E-state index in [9.17, 15) is 4.79 Å². The number of fused-ring (bicyclic) bond motifs is 1. The maximum absolute atomic E-state index is 12.1. The number of hydrogen-bond donors (Lipinski definition) is 1. The van der Waals surface area contributed by atoms with Gasteiger partial charge in [-0.15, -0.1) is 0 Å². The number of amides is 1. The van der Waals surface area contributed by atoms with Crippen LogP contribution in [0.3, 0.4) is 0 Å². The van der Waals surface area contributed by atoms with E-state index in [1.165, 1.54) is 0 Å². The molecule has 1 aromatic carbocycles. The van der Waals surface area contributed by atoms with E-state index in [-0.39, 0.29) is 5.91 Å². The Kier molecular flexibility index (Phi) is 3.33. The van der Waals surface area contributed by atoms with Crippen LogP contribution >= 0.6 is 0 Å². The SMILES string of the molecule is CC(CN)CN1C(=O)CN(C)c2ccccc21. The lowest BCUT2D eigenvalue weighted by Gasteiger charge is -2.36. The fourth-order valence-corrected chi connectivity index (χ4v) is 2.11. The molecule has 0 radical (unpaired) electrons. The minimum absolute atomic E-state index is 0.145. The molecule has 1 aliphatic heterocycles. The molecule has 0 saturated heterocycles. The van der Waals surface area contributed by atoms with Crippen LogP contribution in [0.5, 0.6) is 0 Å². The number of anilines is 2. The molecular formula is C13H19N3O. The van der Waals surface area contributed by atoms with Crippen molar-refractivity contribution >= 4 is 17.3 Å². The standard InChI is InChI=1S/C13H19N3O/c1-10(7-14)8-16-12-6-4-3-5-11(12)15(2)9-13(16)17/h3-6,10H,7-9,14H2,1-2H3. The van der Waals surface area contributed by atoms with Gasteiger partial charge in [0.15, 0.2) is 0 Å². The summed E-state index contributed by atoms with van der Waals surface area (Å²) in [6, 6.07) is 8.00. The number of rotatable bonds is 3. The first-order valence-electron chi connectivity index (χ1n) is 5.94. The van der Waals surface area contributed by atoms with Crippen LogP contribution in [0.4, 0.5) is 11.4 Å². The van der Waals surface area contributed by atoms with Crippen LogP contribution in [0, 0.1) is 5.92 Å². The Balaban J connectivity index is 2.32. The monoisotopic (exact) mass is 233 g/mol. The van der Waals surface area contributed by atoms with Gasteiger partial charge in [-0.2, -0.15) is 0 Å². The Labute approximate surface area is 102 Å². The molecule has 92 valence electrons. The number of carbonyl (C=O) groups is 1. The highest BCUT2D eigenvalue weighted by molar-refractivity contribution is 6.03. The van der Waals surface area contributed by atoms with Gasteiger partial charge < -0.3 is 15.5 Å². The minimum Gasteiger partial charge on any atom is -0.364 e. The molecule has 1 atom stereocenters. The number of hydrogen-bond acceptors (Lipinski definition) is 3. The first-order chi connectivity index (χ1) is 8.13. The van der Waals surface area contributed by atoms with Crippen molar-refractivity contribution in [1.29, 1.82) is 0 Å². The van der Waals surface area contributed by atoms with Crippen molar-refractivity contribution < 1.29 is 4.79 Å². The molecule has 1 aliphatic rings. The second-order valence-corrected chi connectivity index (χ2v) is 4.69. The quantitative estimate of drug-likeness (QED) is 0.849. The van der Waals surface area contributed by atoms with Crippen molar-refractivity contribution in [3.05, 3.63) is 24.3 Å². The van der Waals surface area contributed by atoms with Gasteiger partial charge in [-0.1, -0.05) is 19.1 Å². The molecule has 4 heteroatoms. The van der Waals surface area contributed by atoms with Crippen LogP contribution in [0.2, 0.25) is 0 Å². The number of benzene rings is 1. The largest absolute Gasteiger partial charge is 0.364 e. The summed E-state index contributed by atoms with van der Waals surface area (Å²) >= 11 is 0. The molecule has 0 aromatic heterocycles. The number of carbonyl (C=O) groups excluding carboxylic acids is 1. The smallest absolute Gasteiger partial charge is 0.246 e. The summed E-state index contributed by atoms with van der Waals surface area (Å²) < 4.78 is 0. The van der Waals surface area contributed by atoms with Gasteiger partial charge in [0.25, 0.3) is 0 Å². The van der Waals surface area contributed by atoms with Crippen LogP contribution in [0.15, 0.2) is 24.3 Å². The molecule has 4 nitrogen and oxygen atoms in total. The lowest BCUT2D eigenvalue weighted by molar-refractivity contribution is -0.117. The van der Waals surface area contributed by atoms with Gasteiger partial charge in [0.1, 0.15) is 0 Å². The molecule has 0 saturated carbocycles. The van der Waals surface area contributed by atoms with Crippen LogP contribution < -0.4 is 15.5 Å². The summed E-state index contributed by atoms with van der Waals surface area (Å²) in [5, 5.41) is 0. The summed E-state index contributed by atoms with van der Waals surface area (Å²) in [5.74, 6) is 0.460. The van der Waals surface area contributed by atoms with Crippen LogP contribution in [0.1, 0.15) is 6.92 Å². The molecule has 0 fully saturated rings. The average molecular weight is 233 g/mol. The van der Waals surface area contributed by atoms with Gasteiger partial charge in [-0.3, -0.25) is 4.79 Å². The lowest BCUT2D eigenvalue weighted by Crippen LogP contribution is -2.46. The molecule has 2 rings (SSSR count). The summed E-state index contributed by atoms with van der Waals surface area (Å²) in [5.41, 5.74) is 7.73. The molecule has 1 amide bonds. The van der Waals surface area contributed by atoms with Gasteiger partial charge in [-0.25, -0.2) is 0 Å². The Bertz CT molecular complexity index is 419. The summed E-state index contributed by atoms with van der Waals surface area (Å²) in [6.45, 7) is 3.80. The second-order valence-electron chi connectivity index (χ2n) is 4.69. The summed E-state index contributed by atoms with van der Waals surface area (Å²) in [4.78, 5) is 15.9. The van der Waals surface area contributed by atoms with Gasteiger partial charge in [0.05, 0.1) is 17.9 Å². The molecule has 1 unspecified atom stereocenters. The normalized spacial score (nSPS) is 17.0. The zero-order valence-corrected chi connectivity index (χ0v) is 10.4. The maximum Gasteiger partial charge on any atom is 0.246 e. The third-order valence-electron chi connectivity index (χ3n) is 3.15. The zero-order valence-electron chi connectivity index (χ0n) is 10.4. The first-order valence-corrected chi connectivity index (χ1v) is 5.94. The van der Waals surface area contributed by atoms with E-state index in [2.05, 4.69) is 6.92 Å². The molecule has 0 spiro atoms. The average Bonchev–Trinajstić information content (AvgIpc) is 2.34. The Hall–Kier alpha value is -1.55. The number of likely N-dealkylation sites (N-methyl/N-ethyl adjacent to an activating group) is 1. The topological polar surface area (TPSA) is 49.6 Å². The van der Waals surface area contributed by atoms with Crippen LogP contribution in [-0.4, -0.2) is 32.6 Å². The highest BCUT2D eigenvalue weighted by atomic mass is 16.2. The lowest BCUT2D eigenvalue weighted by atomic mass is 10.1. The fraction of sp³-hybridized carbons (Fsp3) is 0.462. The fourth-order valence-electron chi connectivity index (χ4n) is 2.11. The Morgan fingerprint density at radius 3 is 2.65 bits per heavy atom. The van der Waals surface area contributed by atoms with Gasteiger partial charge in [0.2, 0.25) is 5.91 Å². The van der Waals surface area contributed by atoms with Gasteiger partial charge >= 0.3 is 0 Å². The van der Waals surface area contributed by atoms with Crippen molar-refractivity contribution in [2.45, 2.75) is 6.92 Å². The van der Waals surface area contributed by atoms with Crippen molar-refractivity contribution in [3.63, 3.8) is 0 Å². The zero-order chi connectivity index (χ0) is 12.4. The molecule has 17 heavy (non-hydrogen) atoms. The third-order valence-corrected chi connectivity index (χ3v) is 3.15. The van der Waals surface area contributed by atoms with E-state index in [0.29, 0.717) is 25.6 Å². The minimum atomic E-state index is 0.145. The Morgan fingerprint density at radius 1 is 1.35 bits per heavy atom. The predicted octanol–water partition coefficient (Wildman–Crippen LogP) is 1.06. The summed E-state index contributed by atoms with van der Waals surface area (Å²) in [6.07, 6.45) is 0. The van der Waals surface area contributed by atoms with E-state index in [0.717, 1.165) is 11.4 Å². The van der Waals surface area contributed by atoms with Crippen molar-refractivity contribution in [1.82, 2.24) is 0 Å². The molecule has 1 aromatic rings. The first kappa shape index (κ1) is 11.9.